The molecule has 0 aromatic heterocycles. The van der Waals surface area contributed by atoms with E-state index in [2.05, 4.69) is 5.32 Å². The summed E-state index contributed by atoms with van der Waals surface area (Å²) in [7, 11) is 1.27. The van der Waals surface area contributed by atoms with Gasteiger partial charge in [-0.05, 0) is 55.3 Å². The Morgan fingerprint density at radius 1 is 1.00 bits per heavy atom. The van der Waals surface area contributed by atoms with E-state index >= 15 is 0 Å². The van der Waals surface area contributed by atoms with Crippen LogP contribution in [0.15, 0.2) is 60.7 Å². The third-order valence-electron chi connectivity index (χ3n) is 4.84. The molecule has 3 aromatic carbocycles. The highest BCUT2D eigenvalue weighted by Gasteiger charge is 2.25. The zero-order valence-electron chi connectivity index (χ0n) is 19.2. The molecule has 1 atom stereocenters. The van der Waals surface area contributed by atoms with E-state index in [9.17, 15) is 14.0 Å². The van der Waals surface area contributed by atoms with Gasteiger partial charge in [0.2, 0.25) is 0 Å². The van der Waals surface area contributed by atoms with Gasteiger partial charge < -0.3 is 19.5 Å². The summed E-state index contributed by atoms with van der Waals surface area (Å²) < 4.78 is 29.6. The highest BCUT2D eigenvalue weighted by atomic mass is 19.1. The van der Waals surface area contributed by atoms with E-state index in [1.807, 2.05) is 36.4 Å². The van der Waals surface area contributed by atoms with Crippen LogP contribution >= 0.6 is 0 Å². The number of alkyl carbamates (subject to hydrolysis) is 1. The zero-order chi connectivity index (χ0) is 24.0. The lowest BCUT2D eigenvalue weighted by Gasteiger charge is -2.22. The van der Waals surface area contributed by atoms with Gasteiger partial charge in [0.1, 0.15) is 29.8 Å². The molecule has 0 aliphatic rings. The van der Waals surface area contributed by atoms with Gasteiger partial charge in [0.05, 0.1) is 7.11 Å². The molecule has 1 unspecified atom stereocenters. The fraction of sp³-hybridized carbons (Fsp3) is 0.308. The van der Waals surface area contributed by atoms with Crippen LogP contribution in [-0.4, -0.2) is 30.8 Å². The number of halogens is 1. The number of hydrogen-bond acceptors (Lipinski definition) is 5. The Morgan fingerprint density at radius 2 is 1.70 bits per heavy atom. The fourth-order valence-corrected chi connectivity index (χ4v) is 3.29. The first-order chi connectivity index (χ1) is 15.6. The van der Waals surface area contributed by atoms with Gasteiger partial charge in [0.15, 0.2) is 0 Å². The van der Waals surface area contributed by atoms with Crippen molar-refractivity contribution in [2.75, 3.05) is 7.11 Å². The third kappa shape index (κ3) is 6.94. The van der Waals surface area contributed by atoms with Crippen LogP contribution in [0.25, 0.3) is 10.8 Å². The monoisotopic (exact) mass is 453 g/mol. The number of methoxy groups -OCH3 is 1. The molecule has 174 valence electrons. The smallest absolute Gasteiger partial charge is 0.408 e. The van der Waals surface area contributed by atoms with Gasteiger partial charge in [-0.25, -0.2) is 14.0 Å². The standard InChI is InChI=1S/C26H28FNO5/c1-26(2,3)33-25(30)28-23(24(29)31-4)14-17-9-10-19-15-21(12-11-18(19)13-17)32-16-20-7-5-6-8-22(20)27/h5-13,15,23H,14,16H2,1-4H3,(H,28,30). The van der Waals surface area contributed by atoms with Crippen molar-refractivity contribution in [3.8, 4) is 5.75 Å². The molecule has 33 heavy (non-hydrogen) atoms. The van der Waals surface area contributed by atoms with Crippen molar-refractivity contribution < 1.29 is 28.2 Å². The fourth-order valence-electron chi connectivity index (χ4n) is 3.29. The van der Waals surface area contributed by atoms with Crippen LogP contribution in [-0.2, 0) is 27.3 Å². The van der Waals surface area contributed by atoms with Gasteiger partial charge in [0, 0.05) is 12.0 Å². The van der Waals surface area contributed by atoms with Crippen molar-refractivity contribution in [2.24, 2.45) is 0 Å². The first kappa shape index (κ1) is 24.0. The predicted molar refractivity (Wildman–Crippen MR) is 124 cm³/mol. The van der Waals surface area contributed by atoms with Crippen LogP contribution in [0.5, 0.6) is 5.75 Å². The lowest BCUT2D eigenvalue weighted by molar-refractivity contribution is -0.143. The Bertz CT molecular complexity index is 1140. The van der Waals surface area contributed by atoms with Gasteiger partial charge in [-0.3, -0.25) is 0 Å². The Morgan fingerprint density at radius 3 is 2.39 bits per heavy atom. The van der Waals surface area contributed by atoms with E-state index in [1.54, 1.807) is 39.0 Å². The number of esters is 1. The minimum Gasteiger partial charge on any atom is -0.489 e. The van der Waals surface area contributed by atoms with E-state index < -0.39 is 23.7 Å². The molecule has 3 aromatic rings. The quantitative estimate of drug-likeness (QED) is 0.500. The second kappa shape index (κ2) is 10.3. The molecule has 0 saturated carbocycles. The summed E-state index contributed by atoms with van der Waals surface area (Å²) in [6, 6.07) is 16.9. The van der Waals surface area contributed by atoms with E-state index in [0.29, 0.717) is 11.3 Å². The largest absolute Gasteiger partial charge is 0.489 e. The highest BCUT2D eigenvalue weighted by molar-refractivity contribution is 5.85. The van der Waals surface area contributed by atoms with E-state index in [4.69, 9.17) is 14.2 Å². The molecule has 0 bridgehead atoms. The molecule has 1 N–H and O–H groups in total. The average Bonchev–Trinajstić information content (AvgIpc) is 2.76. The first-order valence-corrected chi connectivity index (χ1v) is 10.6. The first-order valence-electron chi connectivity index (χ1n) is 10.6. The maximum atomic E-state index is 13.8. The summed E-state index contributed by atoms with van der Waals surface area (Å²) in [5, 5.41) is 4.45. The number of carbonyl (C=O) groups is 2. The van der Waals surface area contributed by atoms with Gasteiger partial charge in [-0.2, -0.15) is 0 Å². The van der Waals surface area contributed by atoms with Crippen molar-refractivity contribution >= 4 is 22.8 Å². The molecular formula is C26H28FNO5. The molecule has 0 radical (unpaired) electrons. The van der Waals surface area contributed by atoms with Crippen molar-refractivity contribution in [1.29, 1.82) is 0 Å². The summed E-state index contributed by atoms with van der Waals surface area (Å²) in [6.07, 6.45) is -0.441. The molecule has 0 aliphatic heterocycles. The molecule has 7 heteroatoms. The maximum absolute atomic E-state index is 13.8. The van der Waals surface area contributed by atoms with Crippen LogP contribution in [0.3, 0.4) is 0 Å². The molecule has 0 saturated heterocycles. The van der Waals surface area contributed by atoms with Crippen LogP contribution in [0.1, 0.15) is 31.9 Å². The van der Waals surface area contributed by atoms with Gasteiger partial charge >= 0.3 is 12.1 Å². The van der Waals surface area contributed by atoms with E-state index in [0.717, 1.165) is 16.3 Å². The lowest BCUT2D eigenvalue weighted by atomic mass is 10.0. The summed E-state index contributed by atoms with van der Waals surface area (Å²) >= 11 is 0. The van der Waals surface area contributed by atoms with Crippen LogP contribution in [0.2, 0.25) is 0 Å². The number of benzene rings is 3. The van der Waals surface area contributed by atoms with E-state index in [-0.39, 0.29) is 18.8 Å². The molecule has 0 heterocycles. The minimum atomic E-state index is -0.884. The van der Waals surface area contributed by atoms with Crippen molar-refractivity contribution in [3.05, 3.63) is 77.6 Å². The Kier molecular flexibility index (Phi) is 7.53. The zero-order valence-corrected chi connectivity index (χ0v) is 19.2. The molecule has 1 amide bonds. The number of nitrogens with one attached hydrogen (secondary N) is 1. The van der Waals surface area contributed by atoms with Crippen LogP contribution in [0, 0.1) is 5.82 Å². The maximum Gasteiger partial charge on any atom is 0.408 e. The number of ether oxygens (including phenoxy) is 3. The molecule has 0 fully saturated rings. The summed E-state index contributed by atoms with van der Waals surface area (Å²) in [5.41, 5.74) is 0.646. The second-order valence-electron chi connectivity index (χ2n) is 8.65. The summed E-state index contributed by atoms with van der Waals surface area (Å²) in [6.45, 7) is 5.37. The van der Waals surface area contributed by atoms with Crippen molar-refractivity contribution in [1.82, 2.24) is 5.32 Å². The average molecular weight is 454 g/mol. The number of fused-ring (bicyclic) bond motifs is 1. The van der Waals surface area contributed by atoms with E-state index in [1.165, 1.54) is 13.2 Å². The Labute approximate surface area is 192 Å². The Hall–Kier alpha value is -3.61. The van der Waals surface area contributed by atoms with Gasteiger partial charge in [-0.15, -0.1) is 0 Å². The van der Waals surface area contributed by atoms with Crippen molar-refractivity contribution in [2.45, 2.75) is 45.4 Å². The molecule has 0 spiro atoms. The molecule has 0 aliphatic carbocycles. The Balaban J connectivity index is 1.71. The van der Waals surface area contributed by atoms with Gasteiger partial charge in [0.25, 0.3) is 0 Å². The molecular weight excluding hydrogens is 425 g/mol. The number of hydrogen-bond donors (Lipinski definition) is 1. The minimum absolute atomic E-state index is 0.132. The summed E-state index contributed by atoms with van der Waals surface area (Å²) in [4.78, 5) is 24.3. The second-order valence-corrected chi connectivity index (χ2v) is 8.65. The lowest BCUT2D eigenvalue weighted by Crippen LogP contribution is -2.45. The van der Waals surface area contributed by atoms with Crippen molar-refractivity contribution in [3.63, 3.8) is 0 Å². The normalized spacial score (nSPS) is 12.2. The highest BCUT2D eigenvalue weighted by Crippen LogP contribution is 2.24. The molecule has 6 nitrogen and oxygen atoms in total. The predicted octanol–water partition coefficient (Wildman–Crippen LogP) is 5.17. The number of amides is 1. The van der Waals surface area contributed by atoms with Gasteiger partial charge in [-0.1, -0.05) is 42.5 Å². The van der Waals surface area contributed by atoms with Crippen LogP contribution in [0.4, 0.5) is 9.18 Å². The van der Waals surface area contributed by atoms with Crippen LogP contribution < -0.4 is 10.1 Å². The SMILES string of the molecule is COC(=O)C(Cc1ccc2cc(OCc3ccccc3F)ccc2c1)NC(=O)OC(C)(C)C. The third-order valence-corrected chi connectivity index (χ3v) is 4.84. The molecule has 3 rings (SSSR count). The number of carbonyl (C=O) groups excluding carboxylic acids is 2. The number of rotatable bonds is 7. The summed E-state index contributed by atoms with van der Waals surface area (Å²) in [5.74, 6) is -0.238. The topological polar surface area (TPSA) is 73.9 Å².